The Labute approximate surface area is 127 Å². The van der Waals surface area contributed by atoms with Crippen LogP contribution >= 0.6 is 11.6 Å². The van der Waals surface area contributed by atoms with Crippen LogP contribution in [0.3, 0.4) is 0 Å². The number of furan rings is 1. The molecule has 0 aliphatic heterocycles. The van der Waals surface area contributed by atoms with Gasteiger partial charge in [0.1, 0.15) is 11.5 Å². The highest BCUT2D eigenvalue weighted by Gasteiger charge is 2.20. The molecule has 0 amide bonds. The van der Waals surface area contributed by atoms with Gasteiger partial charge in [0.15, 0.2) is 0 Å². The fourth-order valence-corrected chi connectivity index (χ4v) is 2.70. The predicted molar refractivity (Wildman–Crippen MR) is 84.3 cm³/mol. The van der Waals surface area contributed by atoms with Crippen molar-refractivity contribution in [1.82, 2.24) is 10.3 Å². The predicted octanol–water partition coefficient (Wildman–Crippen LogP) is 4.40. The van der Waals surface area contributed by atoms with E-state index in [2.05, 4.69) is 10.3 Å². The van der Waals surface area contributed by atoms with E-state index >= 15 is 0 Å². The Bertz CT molecular complexity index is 792. The first-order valence-corrected chi connectivity index (χ1v) is 7.55. The van der Waals surface area contributed by atoms with Gasteiger partial charge in [0.05, 0.1) is 17.1 Å². The maximum atomic E-state index is 6.23. The molecule has 2 aromatic heterocycles. The van der Waals surface area contributed by atoms with Crippen LogP contribution in [-0.2, 0) is 6.54 Å². The van der Waals surface area contributed by atoms with Gasteiger partial charge in [0.2, 0.25) is 0 Å². The van der Waals surface area contributed by atoms with Crippen molar-refractivity contribution in [2.45, 2.75) is 25.4 Å². The van der Waals surface area contributed by atoms with Gasteiger partial charge in [-0.25, -0.2) is 0 Å². The third-order valence-corrected chi connectivity index (χ3v) is 4.12. The van der Waals surface area contributed by atoms with E-state index in [-0.39, 0.29) is 0 Å². The van der Waals surface area contributed by atoms with E-state index in [1.807, 2.05) is 36.4 Å². The second-order valence-electron chi connectivity index (χ2n) is 5.42. The summed E-state index contributed by atoms with van der Waals surface area (Å²) in [5, 5.41) is 5.12. The molecule has 1 aliphatic carbocycles. The minimum absolute atomic E-state index is 0.677. The number of nitrogens with zero attached hydrogens (tertiary/aromatic N) is 1. The first kappa shape index (κ1) is 12.9. The lowest BCUT2D eigenvalue weighted by Crippen LogP contribution is -2.14. The lowest BCUT2D eigenvalue weighted by Gasteiger charge is -2.05. The van der Waals surface area contributed by atoms with Gasteiger partial charge >= 0.3 is 0 Å². The molecule has 4 rings (SSSR count). The monoisotopic (exact) mass is 298 g/mol. The fraction of sp³-hybridized carbons (Fsp3) is 0.235. The molecule has 0 spiro atoms. The van der Waals surface area contributed by atoms with Crippen LogP contribution in [0.5, 0.6) is 0 Å². The first-order valence-electron chi connectivity index (χ1n) is 7.17. The van der Waals surface area contributed by atoms with Gasteiger partial charge in [-0.15, -0.1) is 0 Å². The quantitative estimate of drug-likeness (QED) is 0.776. The standard InChI is InChI=1S/C17H15ClN2O/c18-15-7-6-14(17-13(15)2-1-9-19-17)16-8-5-12(21-16)10-20-11-3-4-11/h1-2,5-9,11,20H,3-4,10H2. The summed E-state index contributed by atoms with van der Waals surface area (Å²) < 4.78 is 5.95. The van der Waals surface area contributed by atoms with Gasteiger partial charge in [-0.1, -0.05) is 11.6 Å². The summed E-state index contributed by atoms with van der Waals surface area (Å²) in [6.07, 6.45) is 4.33. The Morgan fingerprint density at radius 3 is 2.95 bits per heavy atom. The molecule has 0 saturated heterocycles. The normalized spacial score (nSPS) is 14.7. The molecule has 0 unspecified atom stereocenters. The lowest BCUT2D eigenvalue weighted by atomic mass is 10.1. The Kier molecular flexibility index (Phi) is 3.17. The third-order valence-electron chi connectivity index (χ3n) is 3.79. The zero-order valence-corrected chi connectivity index (χ0v) is 12.2. The topological polar surface area (TPSA) is 38.1 Å². The Balaban J connectivity index is 1.70. The first-order chi connectivity index (χ1) is 10.3. The maximum Gasteiger partial charge on any atom is 0.136 e. The van der Waals surface area contributed by atoms with Crippen molar-refractivity contribution in [3.63, 3.8) is 0 Å². The molecule has 21 heavy (non-hydrogen) atoms. The minimum Gasteiger partial charge on any atom is -0.460 e. The average molecular weight is 299 g/mol. The van der Waals surface area contributed by atoms with E-state index in [0.29, 0.717) is 11.1 Å². The number of hydrogen-bond donors (Lipinski definition) is 1. The third kappa shape index (κ3) is 2.55. The molecule has 3 nitrogen and oxygen atoms in total. The summed E-state index contributed by atoms with van der Waals surface area (Å²) in [5.41, 5.74) is 1.86. The number of pyridine rings is 1. The summed E-state index contributed by atoms with van der Waals surface area (Å²) in [6, 6.07) is 12.4. The summed E-state index contributed by atoms with van der Waals surface area (Å²) in [6.45, 7) is 0.781. The van der Waals surface area contributed by atoms with Crippen molar-refractivity contribution < 1.29 is 4.42 Å². The second kappa shape index (κ2) is 5.17. The van der Waals surface area contributed by atoms with Gasteiger partial charge < -0.3 is 9.73 Å². The van der Waals surface area contributed by atoms with Gasteiger partial charge in [-0.3, -0.25) is 4.98 Å². The van der Waals surface area contributed by atoms with Gasteiger partial charge in [0, 0.05) is 23.2 Å². The van der Waals surface area contributed by atoms with Crippen LogP contribution in [0.4, 0.5) is 0 Å². The molecule has 0 atom stereocenters. The highest BCUT2D eigenvalue weighted by molar-refractivity contribution is 6.35. The molecular weight excluding hydrogens is 284 g/mol. The van der Waals surface area contributed by atoms with Crippen molar-refractivity contribution in [3.8, 4) is 11.3 Å². The van der Waals surface area contributed by atoms with Crippen molar-refractivity contribution in [2.24, 2.45) is 0 Å². The summed E-state index contributed by atoms with van der Waals surface area (Å²) >= 11 is 6.23. The highest BCUT2D eigenvalue weighted by Crippen LogP contribution is 2.32. The summed E-state index contributed by atoms with van der Waals surface area (Å²) in [4.78, 5) is 4.45. The molecule has 1 fully saturated rings. The van der Waals surface area contributed by atoms with E-state index in [0.717, 1.165) is 34.5 Å². The number of halogens is 1. The van der Waals surface area contributed by atoms with Crippen LogP contribution in [0, 0.1) is 0 Å². The molecule has 0 bridgehead atoms. The van der Waals surface area contributed by atoms with Crippen LogP contribution in [0.2, 0.25) is 5.02 Å². The van der Waals surface area contributed by atoms with Crippen molar-refractivity contribution in [2.75, 3.05) is 0 Å². The zero-order chi connectivity index (χ0) is 14.2. The van der Waals surface area contributed by atoms with E-state index in [1.54, 1.807) is 6.20 Å². The molecule has 4 heteroatoms. The van der Waals surface area contributed by atoms with E-state index in [4.69, 9.17) is 16.0 Å². The average Bonchev–Trinajstić information content (AvgIpc) is 3.23. The Hall–Kier alpha value is -1.84. The van der Waals surface area contributed by atoms with E-state index in [9.17, 15) is 0 Å². The highest BCUT2D eigenvalue weighted by atomic mass is 35.5. The molecular formula is C17H15ClN2O. The fourth-order valence-electron chi connectivity index (χ4n) is 2.49. The molecule has 0 radical (unpaired) electrons. The van der Waals surface area contributed by atoms with E-state index < -0.39 is 0 Å². The largest absolute Gasteiger partial charge is 0.460 e. The molecule has 1 aromatic carbocycles. The molecule has 1 aliphatic rings. The van der Waals surface area contributed by atoms with E-state index in [1.165, 1.54) is 12.8 Å². The van der Waals surface area contributed by atoms with Crippen molar-refractivity contribution in [3.05, 3.63) is 53.4 Å². The lowest BCUT2D eigenvalue weighted by molar-refractivity contribution is 0.493. The number of fused-ring (bicyclic) bond motifs is 1. The van der Waals surface area contributed by atoms with Crippen LogP contribution in [-0.4, -0.2) is 11.0 Å². The van der Waals surface area contributed by atoms with Crippen LogP contribution < -0.4 is 5.32 Å². The molecule has 1 N–H and O–H groups in total. The van der Waals surface area contributed by atoms with Gasteiger partial charge in [-0.05, 0) is 49.2 Å². The van der Waals surface area contributed by atoms with Crippen LogP contribution in [0.1, 0.15) is 18.6 Å². The number of aromatic nitrogens is 1. The molecule has 1 saturated carbocycles. The van der Waals surface area contributed by atoms with Crippen LogP contribution in [0.25, 0.3) is 22.2 Å². The van der Waals surface area contributed by atoms with Crippen molar-refractivity contribution >= 4 is 22.5 Å². The number of benzene rings is 1. The Morgan fingerprint density at radius 2 is 2.10 bits per heavy atom. The Morgan fingerprint density at radius 1 is 1.19 bits per heavy atom. The molecule has 2 heterocycles. The van der Waals surface area contributed by atoms with Crippen LogP contribution in [0.15, 0.2) is 47.0 Å². The zero-order valence-electron chi connectivity index (χ0n) is 11.5. The summed E-state index contributed by atoms with van der Waals surface area (Å²) in [5.74, 6) is 1.79. The molecule has 106 valence electrons. The maximum absolute atomic E-state index is 6.23. The van der Waals surface area contributed by atoms with Gasteiger partial charge in [0.25, 0.3) is 0 Å². The number of hydrogen-bond acceptors (Lipinski definition) is 3. The minimum atomic E-state index is 0.677. The SMILES string of the molecule is Clc1ccc(-c2ccc(CNC3CC3)o2)c2ncccc12. The second-order valence-corrected chi connectivity index (χ2v) is 5.82. The number of rotatable bonds is 4. The van der Waals surface area contributed by atoms with Gasteiger partial charge in [-0.2, -0.15) is 0 Å². The van der Waals surface area contributed by atoms with Crippen molar-refractivity contribution in [1.29, 1.82) is 0 Å². The smallest absolute Gasteiger partial charge is 0.136 e. The summed E-state index contributed by atoms with van der Waals surface area (Å²) in [7, 11) is 0. The number of nitrogens with one attached hydrogen (secondary N) is 1. The molecule has 3 aromatic rings.